The quantitative estimate of drug-likeness (QED) is 0.747. The van der Waals surface area contributed by atoms with Crippen molar-refractivity contribution >= 4 is 16.8 Å². The van der Waals surface area contributed by atoms with Crippen molar-refractivity contribution in [2.24, 2.45) is 5.92 Å². The molecule has 1 fully saturated rings. The summed E-state index contributed by atoms with van der Waals surface area (Å²) in [6.07, 6.45) is 0.924. The molecule has 3 aromatic rings. The van der Waals surface area contributed by atoms with Gasteiger partial charge in [0.25, 0.3) is 5.56 Å². The Kier molecular flexibility index (Phi) is 5.16. The Labute approximate surface area is 162 Å². The zero-order chi connectivity index (χ0) is 19.5. The summed E-state index contributed by atoms with van der Waals surface area (Å²) >= 11 is 0. The molecule has 7 heteroatoms. The van der Waals surface area contributed by atoms with Crippen LogP contribution in [0.4, 0.5) is 0 Å². The Bertz CT molecular complexity index is 1030. The summed E-state index contributed by atoms with van der Waals surface area (Å²) in [5.41, 5.74) is 1.12. The van der Waals surface area contributed by atoms with Gasteiger partial charge < -0.3 is 10.0 Å². The highest BCUT2D eigenvalue weighted by Gasteiger charge is 2.28. The number of hydrogen-bond donors (Lipinski definition) is 1. The fourth-order valence-corrected chi connectivity index (χ4v) is 3.74. The molecule has 0 spiro atoms. The lowest BCUT2D eigenvalue weighted by Crippen LogP contribution is -2.43. The number of aromatic nitrogens is 3. The lowest BCUT2D eigenvalue weighted by atomic mass is 9.87. The number of carbonyl (C=O) groups excluding carboxylic acids is 1. The predicted molar refractivity (Wildman–Crippen MR) is 105 cm³/mol. The van der Waals surface area contributed by atoms with E-state index < -0.39 is 6.10 Å². The highest BCUT2D eigenvalue weighted by Crippen LogP contribution is 2.30. The molecular formula is C21H22N4O3. The van der Waals surface area contributed by atoms with Gasteiger partial charge in [0, 0.05) is 13.1 Å². The van der Waals surface area contributed by atoms with Crippen molar-refractivity contribution in [2.45, 2.75) is 25.5 Å². The minimum absolute atomic E-state index is 0.120. The van der Waals surface area contributed by atoms with Crippen LogP contribution in [0.3, 0.4) is 0 Å². The molecule has 1 aromatic heterocycles. The molecule has 2 heterocycles. The van der Waals surface area contributed by atoms with Crippen LogP contribution in [0.5, 0.6) is 0 Å². The molecule has 28 heavy (non-hydrogen) atoms. The predicted octanol–water partition coefficient (Wildman–Crippen LogP) is 1.76. The number of carbonyl (C=O) groups is 1. The number of likely N-dealkylation sites (tertiary alicyclic amines) is 1. The van der Waals surface area contributed by atoms with Crippen molar-refractivity contribution in [3.05, 3.63) is 70.5 Å². The van der Waals surface area contributed by atoms with Crippen molar-refractivity contribution in [2.75, 3.05) is 13.1 Å². The maximum Gasteiger partial charge on any atom is 0.278 e. The van der Waals surface area contributed by atoms with Gasteiger partial charge in [-0.15, -0.1) is 5.10 Å². The summed E-state index contributed by atoms with van der Waals surface area (Å²) in [7, 11) is 0. The molecule has 0 saturated carbocycles. The van der Waals surface area contributed by atoms with Gasteiger partial charge in [0.05, 0.1) is 11.5 Å². The molecule has 1 aliphatic heterocycles. The number of piperidine rings is 1. The van der Waals surface area contributed by atoms with Gasteiger partial charge >= 0.3 is 0 Å². The first-order valence-electron chi connectivity index (χ1n) is 9.47. The van der Waals surface area contributed by atoms with Crippen LogP contribution in [-0.2, 0) is 11.3 Å². The lowest BCUT2D eigenvalue weighted by molar-refractivity contribution is -0.134. The van der Waals surface area contributed by atoms with Crippen LogP contribution >= 0.6 is 0 Å². The molecule has 144 valence electrons. The van der Waals surface area contributed by atoms with Crippen LogP contribution in [-0.4, -0.2) is 44.0 Å². The standard InChI is InChI=1S/C21H22N4O3/c26-19(14-25-21(28)17-8-4-5-9-18(17)22-23-25)24-12-10-16(11-13-24)20(27)15-6-2-1-3-7-15/h1-9,16,20,27H,10-14H2/t20-/m1/s1. The summed E-state index contributed by atoms with van der Waals surface area (Å²) in [4.78, 5) is 26.9. The van der Waals surface area contributed by atoms with Crippen molar-refractivity contribution < 1.29 is 9.90 Å². The zero-order valence-corrected chi connectivity index (χ0v) is 15.4. The van der Waals surface area contributed by atoms with E-state index in [1.54, 1.807) is 29.2 Å². The second-order valence-electron chi connectivity index (χ2n) is 7.14. The maximum atomic E-state index is 12.6. The van der Waals surface area contributed by atoms with Gasteiger partial charge in [-0.25, -0.2) is 4.68 Å². The molecule has 0 unspecified atom stereocenters. The first-order chi connectivity index (χ1) is 13.6. The second-order valence-corrected chi connectivity index (χ2v) is 7.14. The van der Waals surface area contributed by atoms with Gasteiger partial charge in [0.15, 0.2) is 0 Å². The number of fused-ring (bicyclic) bond motifs is 1. The van der Waals surface area contributed by atoms with Gasteiger partial charge in [-0.3, -0.25) is 9.59 Å². The third kappa shape index (κ3) is 3.66. The summed E-state index contributed by atoms with van der Waals surface area (Å²) in [6, 6.07) is 16.6. The Morgan fingerprint density at radius 2 is 1.75 bits per heavy atom. The van der Waals surface area contributed by atoms with E-state index in [-0.39, 0.29) is 23.9 Å². The molecule has 4 rings (SSSR count). The molecule has 0 radical (unpaired) electrons. The number of benzene rings is 2. The highest BCUT2D eigenvalue weighted by atomic mass is 16.3. The maximum absolute atomic E-state index is 12.6. The first-order valence-corrected chi connectivity index (χ1v) is 9.47. The number of aliphatic hydroxyl groups is 1. The Hall–Kier alpha value is -3.06. The topological polar surface area (TPSA) is 88.3 Å². The molecule has 1 atom stereocenters. The van der Waals surface area contributed by atoms with Crippen molar-refractivity contribution in [1.29, 1.82) is 0 Å². The smallest absolute Gasteiger partial charge is 0.278 e. The largest absolute Gasteiger partial charge is 0.388 e. The van der Waals surface area contributed by atoms with Crippen LogP contribution in [0.1, 0.15) is 24.5 Å². The fraction of sp³-hybridized carbons (Fsp3) is 0.333. The summed E-state index contributed by atoms with van der Waals surface area (Å²) in [5.74, 6) is -0.0334. The number of rotatable bonds is 4. The van der Waals surface area contributed by atoms with Crippen LogP contribution in [0, 0.1) is 5.92 Å². The highest BCUT2D eigenvalue weighted by molar-refractivity contribution is 5.78. The fourth-order valence-electron chi connectivity index (χ4n) is 3.74. The molecule has 1 N–H and O–H groups in total. The third-order valence-corrected chi connectivity index (χ3v) is 5.39. The molecular weight excluding hydrogens is 356 g/mol. The van der Waals surface area contributed by atoms with Gasteiger partial charge in [0.2, 0.25) is 5.91 Å². The number of hydrogen-bond acceptors (Lipinski definition) is 5. The summed E-state index contributed by atoms with van der Waals surface area (Å²) < 4.78 is 1.12. The first kappa shape index (κ1) is 18.3. The van der Waals surface area contributed by atoms with E-state index in [2.05, 4.69) is 10.3 Å². The molecule has 1 aliphatic rings. The van der Waals surface area contributed by atoms with Gasteiger partial charge in [-0.05, 0) is 36.5 Å². The van der Waals surface area contributed by atoms with Gasteiger partial charge in [-0.2, -0.15) is 0 Å². The van der Waals surface area contributed by atoms with Crippen molar-refractivity contribution in [3.63, 3.8) is 0 Å². The minimum Gasteiger partial charge on any atom is -0.388 e. The van der Waals surface area contributed by atoms with E-state index >= 15 is 0 Å². The number of nitrogens with zero attached hydrogens (tertiary/aromatic N) is 4. The third-order valence-electron chi connectivity index (χ3n) is 5.39. The average molecular weight is 378 g/mol. The summed E-state index contributed by atoms with van der Waals surface area (Å²) in [6.45, 7) is 0.995. The molecule has 1 saturated heterocycles. The van der Waals surface area contributed by atoms with E-state index in [4.69, 9.17) is 0 Å². The Balaban J connectivity index is 1.39. The monoisotopic (exact) mass is 378 g/mol. The lowest BCUT2D eigenvalue weighted by Gasteiger charge is -2.34. The van der Waals surface area contributed by atoms with Crippen LogP contribution in [0.2, 0.25) is 0 Å². The average Bonchev–Trinajstić information content (AvgIpc) is 2.76. The van der Waals surface area contributed by atoms with E-state index in [1.807, 2.05) is 30.3 Å². The normalized spacial score (nSPS) is 16.2. The molecule has 7 nitrogen and oxygen atoms in total. The van der Waals surface area contributed by atoms with Crippen LogP contribution < -0.4 is 5.56 Å². The van der Waals surface area contributed by atoms with Gasteiger partial charge in [0.1, 0.15) is 12.1 Å². The second kappa shape index (κ2) is 7.90. The van der Waals surface area contributed by atoms with Crippen LogP contribution in [0.15, 0.2) is 59.4 Å². The SMILES string of the molecule is O=C(Cn1nnc2ccccc2c1=O)N1CCC([C@H](O)c2ccccc2)CC1. The van der Waals surface area contributed by atoms with Crippen molar-refractivity contribution in [3.8, 4) is 0 Å². The Morgan fingerprint density at radius 3 is 2.50 bits per heavy atom. The van der Waals surface area contributed by atoms with E-state index in [0.29, 0.717) is 24.0 Å². The van der Waals surface area contributed by atoms with E-state index in [1.165, 1.54) is 0 Å². The molecule has 0 aliphatic carbocycles. The van der Waals surface area contributed by atoms with Crippen LogP contribution in [0.25, 0.3) is 10.9 Å². The van der Waals surface area contributed by atoms with Gasteiger partial charge in [-0.1, -0.05) is 47.7 Å². The Morgan fingerprint density at radius 1 is 1.07 bits per heavy atom. The number of aliphatic hydroxyl groups excluding tert-OH is 1. The van der Waals surface area contributed by atoms with E-state index in [0.717, 1.165) is 23.1 Å². The molecule has 2 aromatic carbocycles. The number of amides is 1. The van der Waals surface area contributed by atoms with Crippen molar-refractivity contribution in [1.82, 2.24) is 19.9 Å². The molecule has 0 bridgehead atoms. The van der Waals surface area contributed by atoms with E-state index in [9.17, 15) is 14.7 Å². The molecule has 1 amide bonds. The minimum atomic E-state index is -0.521. The summed E-state index contributed by atoms with van der Waals surface area (Å²) in [5, 5.41) is 18.9. The zero-order valence-electron chi connectivity index (χ0n) is 15.4.